The van der Waals surface area contributed by atoms with Gasteiger partial charge in [-0.25, -0.2) is 9.69 Å². The van der Waals surface area contributed by atoms with Gasteiger partial charge in [0.1, 0.15) is 5.57 Å². The molecule has 0 unspecified atom stereocenters. The first-order valence-electron chi connectivity index (χ1n) is 7.93. The molecule has 6 heteroatoms. The molecule has 0 N–H and O–H groups in total. The van der Waals surface area contributed by atoms with Crippen molar-refractivity contribution in [2.45, 2.75) is 0 Å². The third-order valence-electron chi connectivity index (χ3n) is 3.97. The van der Waals surface area contributed by atoms with Crippen molar-refractivity contribution in [3.8, 4) is 0 Å². The van der Waals surface area contributed by atoms with Crippen LogP contribution in [-0.4, -0.2) is 47.4 Å². The van der Waals surface area contributed by atoms with Crippen LogP contribution in [0.3, 0.4) is 0 Å². The number of hydrogen-bond acceptors (Lipinski definition) is 4. The molecule has 0 radical (unpaired) electrons. The van der Waals surface area contributed by atoms with Crippen LogP contribution in [0.1, 0.15) is 15.9 Å². The lowest BCUT2D eigenvalue weighted by Crippen LogP contribution is -2.41. The molecule has 0 saturated heterocycles. The number of rotatable bonds is 3. The summed E-state index contributed by atoms with van der Waals surface area (Å²) in [5.41, 5.74) is 0.452. The van der Waals surface area contributed by atoms with Crippen molar-refractivity contribution in [2.75, 3.05) is 14.1 Å². The zero-order valence-electron chi connectivity index (χ0n) is 14.3. The highest BCUT2D eigenvalue weighted by Crippen LogP contribution is 2.33. The van der Waals surface area contributed by atoms with Crippen LogP contribution < -0.4 is 0 Å². The molecule has 2 aromatic carbocycles. The molecule has 0 fully saturated rings. The highest BCUT2D eigenvalue weighted by Gasteiger charge is 2.46. The van der Waals surface area contributed by atoms with Crippen LogP contribution in [0.25, 0.3) is 5.70 Å². The summed E-state index contributed by atoms with van der Waals surface area (Å²) in [5.74, 6) is -2.59. The maximum absolute atomic E-state index is 12.9. The van der Waals surface area contributed by atoms with E-state index in [-0.39, 0.29) is 16.8 Å². The minimum Gasteiger partial charge on any atom is -0.330 e. The van der Waals surface area contributed by atoms with E-state index < -0.39 is 23.5 Å². The molecule has 26 heavy (non-hydrogen) atoms. The fourth-order valence-corrected chi connectivity index (χ4v) is 2.73. The molecule has 1 heterocycles. The summed E-state index contributed by atoms with van der Waals surface area (Å²) in [6.45, 7) is 0. The Hall–Kier alpha value is -3.54. The third kappa shape index (κ3) is 2.82. The largest absolute Gasteiger partial charge is 0.331 e. The van der Waals surface area contributed by atoms with Crippen molar-refractivity contribution in [1.82, 2.24) is 9.80 Å². The first kappa shape index (κ1) is 17.3. The molecule has 0 saturated carbocycles. The van der Waals surface area contributed by atoms with Crippen LogP contribution in [0, 0.1) is 0 Å². The standard InChI is InChI=1S/C20H16N2O4/c1-21(2)20(26)22-16(13-9-5-3-6-10-13)15(18(24)19(22)25)17(23)14-11-7-4-8-12-14/h3-12H,1-2H3. The van der Waals surface area contributed by atoms with Crippen molar-refractivity contribution in [3.05, 3.63) is 77.4 Å². The van der Waals surface area contributed by atoms with E-state index in [4.69, 9.17) is 0 Å². The van der Waals surface area contributed by atoms with E-state index in [1.807, 2.05) is 0 Å². The first-order valence-corrected chi connectivity index (χ1v) is 7.93. The first-order chi connectivity index (χ1) is 12.4. The normalized spacial score (nSPS) is 14.0. The van der Waals surface area contributed by atoms with Crippen LogP contribution in [0.15, 0.2) is 66.2 Å². The minimum absolute atomic E-state index is 0.0214. The average molecular weight is 348 g/mol. The Balaban J connectivity index is 2.25. The molecule has 3 amide bonds. The lowest BCUT2D eigenvalue weighted by molar-refractivity contribution is -0.137. The molecule has 3 rings (SSSR count). The Morgan fingerprint density at radius 2 is 1.38 bits per heavy atom. The molecule has 0 atom stereocenters. The maximum Gasteiger partial charge on any atom is 0.331 e. The van der Waals surface area contributed by atoms with Gasteiger partial charge in [0.05, 0.1) is 5.70 Å². The summed E-state index contributed by atoms with van der Waals surface area (Å²) >= 11 is 0. The van der Waals surface area contributed by atoms with E-state index in [9.17, 15) is 19.2 Å². The summed E-state index contributed by atoms with van der Waals surface area (Å²) in [7, 11) is 2.94. The molecule has 0 aliphatic carbocycles. The number of imide groups is 1. The Kier molecular flexibility index (Phi) is 4.49. The molecular formula is C20H16N2O4. The van der Waals surface area contributed by atoms with E-state index in [0.29, 0.717) is 5.56 Å². The van der Waals surface area contributed by atoms with Crippen LogP contribution in [-0.2, 0) is 9.59 Å². The number of ketones is 2. The molecule has 6 nitrogen and oxygen atoms in total. The van der Waals surface area contributed by atoms with Gasteiger partial charge >= 0.3 is 11.9 Å². The van der Waals surface area contributed by atoms with Gasteiger partial charge in [-0.2, -0.15) is 0 Å². The number of benzene rings is 2. The second-order valence-electron chi connectivity index (χ2n) is 5.93. The van der Waals surface area contributed by atoms with Gasteiger partial charge < -0.3 is 4.90 Å². The van der Waals surface area contributed by atoms with E-state index in [1.54, 1.807) is 60.7 Å². The second kappa shape index (κ2) is 6.76. The molecule has 130 valence electrons. The number of Topliss-reactive ketones (excluding diaryl/α,β-unsaturated/α-hetero) is 2. The fourth-order valence-electron chi connectivity index (χ4n) is 2.73. The predicted octanol–water partition coefficient (Wildman–Crippen LogP) is 2.37. The lowest BCUT2D eigenvalue weighted by atomic mass is 9.97. The molecule has 2 aromatic rings. The van der Waals surface area contributed by atoms with Crippen LogP contribution in [0.2, 0.25) is 0 Å². The zero-order valence-corrected chi connectivity index (χ0v) is 14.3. The summed E-state index contributed by atoms with van der Waals surface area (Å²) in [4.78, 5) is 52.5. The van der Waals surface area contributed by atoms with Gasteiger partial charge in [0.25, 0.3) is 5.78 Å². The van der Waals surface area contributed by atoms with E-state index in [1.165, 1.54) is 19.0 Å². The van der Waals surface area contributed by atoms with Crippen molar-refractivity contribution in [3.63, 3.8) is 0 Å². The van der Waals surface area contributed by atoms with Crippen LogP contribution in [0.4, 0.5) is 4.79 Å². The maximum atomic E-state index is 12.9. The molecule has 0 aromatic heterocycles. The van der Waals surface area contributed by atoms with Gasteiger partial charge in [-0.3, -0.25) is 14.4 Å². The average Bonchev–Trinajstić information content (AvgIpc) is 2.93. The Bertz CT molecular complexity index is 931. The quantitative estimate of drug-likeness (QED) is 0.485. The van der Waals surface area contributed by atoms with Gasteiger partial charge in [-0.15, -0.1) is 0 Å². The molecule has 1 aliphatic heterocycles. The van der Waals surface area contributed by atoms with E-state index >= 15 is 0 Å². The fraction of sp³-hybridized carbons (Fsp3) is 0.100. The topological polar surface area (TPSA) is 74.8 Å². The molecule has 0 bridgehead atoms. The Morgan fingerprint density at radius 3 is 1.92 bits per heavy atom. The van der Waals surface area contributed by atoms with Gasteiger partial charge in [0.15, 0.2) is 5.78 Å². The van der Waals surface area contributed by atoms with Gasteiger partial charge in [-0.05, 0) is 5.56 Å². The van der Waals surface area contributed by atoms with Crippen LogP contribution in [0.5, 0.6) is 0 Å². The number of nitrogens with zero attached hydrogens (tertiary/aromatic N) is 2. The number of carbonyl (C=O) groups excluding carboxylic acids is 4. The monoisotopic (exact) mass is 348 g/mol. The van der Waals surface area contributed by atoms with Crippen molar-refractivity contribution in [1.29, 1.82) is 0 Å². The van der Waals surface area contributed by atoms with Crippen LogP contribution >= 0.6 is 0 Å². The SMILES string of the molecule is CN(C)C(=O)N1C(=O)C(=O)C(C(=O)c2ccccc2)=C1c1ccccc1. The summed E-state index contributed by atoms with van der Waals surface area (Å²) in [5, 5.41) is 0. The summed E-state index contributed by atoms with van der Waals surface area (Å²) in [6.07, 6.45) is 0. The van der Waals surface area contributed by atoms with Crippen molar-refractivity contribution >= 4 is 29.2 Å². The third-order valence-corrected chi connectivity index (χ3v) is 3.97. The second-order valence-corrected chi connectivity index (χ2v) is 5.93. The van der Waals surface area contributed by atoms with Gasteiger partial charge in [0, 0.05) is 19.7 Å². The Morgan fingerprint density at radius 1 is 0.846 bits per heavy atom. The number of amides is 3. The zero-order chi connectivity index (χ0) is 18.8. The highest BCUT2D eigenvalue weighted by atomic mass is 16.2. The van der Waals surface area contributed by atoms with Crippen molar-refractivity contribution < 1.29 is 19.2 Å². The summed E-state index contributed by atoms with van der Waals surface area (Å²) in [6, 6.07) is 16.0. The predicted molar refractivity (Wildman–Crippen MR) is 95.1 cm³/mol. The number of carbonyl (C=O) groups is 4. The molecule has 0 spiro atoms. The molecular weight excluding hydrogens is 332 g/mol. The summed E-state index contributed by atoms with van der Waals surface area (Å²) < 4.78 is 0. The Labute approximate surface area is 150 Å². The lowest BCUT2D eigenvalue weighted by Gasteiger charge is -2.22. The molecule has 1 aliphatic rings. The smallest absolute Gasteiger partial charge is 0.330 e. The van der Waals surface area contributed by atoms with E-state index in [0.717, 1.165) is 4.90 Å². The number of hydrogen-bond donors (Lipinski definition) is 0. The van der Waals surface area contributed by atoms with Gasteiger partial charge in [-0.1, -0.05) is 60.7 Å². The van der Waals surface area contributed by atoms with E-state index in [2.05, 4.69) is 0 Å². The van der Waals surface area contributed by atoms with Gasteiger partial charge in [0.2, 0.25) is 0 Å². The van der Waals surface area contributed by atoms with Crippen molar-refractivity contribution in [2.24, 2.45) is 0 Å². The number of urea groups is 1. The minimum atomic E-state index is -1.03. The highest BCUT2D eigenvalue weighted by molar-refractivity contribution is 6.58.